The fraction of sp³-hybridized carbons (Fsp3) is 0.647. The molecule has 2 aliphatic rings. The van der Waals surface area contributed by atoms with Crippen LogP contribution in [0, 0.1) is 5.92 Å². The van der Waals surface area contributed by atoms with E-state index in [4.69, 9.17) is 4.74 Å². The summed E-state index contributed by atoms with van der Waals surface area (Å²) < 4.78 is 5.46. The second kappa shape index (κ2) is 5.54. The van der Waals surface area contributed by atoms with Gasteiger partial charge < -0.3 is 10.1 Å². The van der Waals surface area contributed by atoms with Gasteiger partial charge in [-0.2, -0.15) is 0 Å². The van der Waals surface area contributed by atoms with Crippen molar-refractivity contribution in [2.45, 2.75) is 57.0 Å². The molecule has 0 amide bonds. The second-order valence-electron chi connectivity index (χ2n) is 6.39. The largest absolute Gasteiger partial charge is 0.496 e. The summed E-state index contributed by atoms with van der Waals surface area (Å²) in [6, 6.07) is 9.98. The van der Waals surface area contributed by atoms with Gasteiger partial charge in [0, 0.05) is 12.1 Å². The van der Waals surface area contributed by atoms with Crippen molar-refractivity contribution in [2.75, 3.05) is 7.11 Å². The summed E-state index contributed by atoms with van der Waals surface area (Å²) in [5, 5.41) is 3.84. The maximum Gasteiger partial charge on any atom is 0.122 e. The molecule has 1 aromatic carbocycles. The Morgan fingerprint density at radius 1 is 1.05 bits per heavy atom. The standard InChI is InChI=1S/C17H25NO/c1-12-7-8-14(9-12)18-15-10-13(11-15)16-5-3-4-6-17(16)19-2/h3-6,12-15,18H,7-11H2,1-2H3. The number of methoxy groups -OCH3 is 1. The van der Waals surface area contributed by atoms with Crippen LogP contribution in [-0.4, -0.2) is 19.2 Å². The lowest BCUT2D eigenvalue weighted by molar-refractivity contribution is 0.258. The van der Waals surface area contributed by atoms with E-state index in [2.05, 4.69) is 36.5 Å². The summed E-state index contributed by atoms with van der Waals surface area (Å²) in [5.74, 6) is 2.66. The topological polar surface area (TPSA) is 21.3 Å². The van der Waals surface area contributed by atoms with Crippen LogP contribution in [-0.2, 0) is 0 Å². The highest BCUT2D eigenvalue weighted by Gasteiger charge is 2.34. The van der Waals surface area contributed by atoms with E-state index in [1.807, 2.05) is 0 Å². The molecule has 2 saturated carbocycles. The molecule has 1 N–H and O–H groups in total. The van der Waals surface area contributed by atoms with Crippen LogP contribution in [0.4, 0.5) is 0 Å². The number of benzene rings is 1. The first-order valence-corrected chi connectivity index (χ1v) is 7.65. The number of hydrogen-bond donors (Lipinski definition) is 1. The zero-order valence-electron chi connectivity index (χ0n) is 12.1. The summed E-state index contributed by atoms with van der Waals surface area (Å²) >= 11 is 0. The van der Waals surface area contributed by atoms with Gasteiger partial charge in [-0.25, -0.2) is 0 Å². The summed E-state index contributed by atoms with van der Waals surface area (Å²) in [6.45, 7) is 2.38. The Hall–Kier alpha value is -1.02. The smallest absolute Gasteiger partial charge is 0.122 e. The van der Waals surface area contributed by atoms with Crippen LogP contribution in [0.5, 0.6) is 5.75 Å². The van der Waals surface area contributed by atoms with Crippen LogP contribution >= 0.6 is 0 Å². The molecule has 2 atom stereocenters. The lowest BCUT2D eigenvalue weighted by atomic mass is 9.75. The summed E-state index contributed by atoms with van der Waals surface area (Å²) in [4.78, 5) is 0. The van der Waals surface area contributed by atoms with E-state index in [-0.39, 0.29) is 0 Å². The Morgan fingerprint density at radius 2 is 1.84 bits per heavy atom. The van der Waals surface area contributed by atoms with Gasteiger partial charge in [-0.05, 0) is 55.6 Å². The molecule has 1 aromatic rings. The van der Waals surface area contributed by atoms with E-state index in [1.165, 1.54) is 37.7 Å². The molecule has 3 rings (SSSR count). The van der Waals surface area contributed by atoms with Gasteiger partial charge in [-0.3, -0.25) is 0 Å². The van der Waals surface area contributed by atoms with Crippen LogP contribution in [0.25, 0.3) is 0 Å². The van der Waals surface area contributed by atoms with Gasteiger partial charge in [0.05, 0.1) is 7.11 Å². The van der Waals surface area contributed by atoms with E-state index in [0.717, 1.165) is 23.8 Å². The average molecular weight is 259 g/mol. The van der Waals surface area contributed by atoms with Crippen molar-refractivity contribution in [1.82, 2.24) is 5.32 Å². The Kier molecular flexibility index (Phi) is 3.79. The predicted molar refractivity (Wildman–Crippen MR) is 78.7 cm³/mol. The van der Waals surface area contributed by atoms with Crippen molar-refractivity contribution < 1.29 is 4.74 Å². The number of hydrogen-bond acceptors (Lipinski definition) is 2. The van der Waals surface area contributed by atoms with E-state index in [9.17, 15) is 0 Å². The first kappa shape index (κ1) is 13.0. The van der Waals surface area contributed by atoms with Crippen molar-refractivity contribution in [3.05, 3.63) is 29.8 Å². The van der Waals surface area contributed by atoms with Crippen LogP contribution in [0.1, 0.15) is 50.5 Å². The number of rotatable bonds is 4. The molecule has 0 aromatic heterocycles. The third-order valence-electron chi connectivity index (χ3n) is 4.88. The molecular weight excluding hydrogens is 234 g/mol. The second-order valence-corrected chi connectivity index (χ2v) is 6.39. The molecule has 2 unspecified atom stereocenters. The van der Waals surface area contributed by atoms with E-state index >= 15 is 0 Å². The van der Waals surface area contributed by atoms with Crippen molar-refractivity contribution >= 4 is 0 Å². The number of nitrogens with one attached hydrogen (secondary N) is 1. The highest BCUT2D eigenvalue weighted by atomic mass is 16.5. The predicted octanol–water partition coefficient (Wildman–Crippen LogP) is 3.72. The highest BCUT2D eigenvalue weighted by Crippen LogP contribution is 2.41. The molecular formula is C17H25NO. The molecule has 0 aliphatic heterocycles. The summed E-state index contributed by atoms with van der Waals surface area (Å²) in [6.07, 6.45) is 6.68. The summed E-state index contributed by atoms with van der Waals surface area (Å²) in [7, 11) is 1.77. The lowest BCUT2D eigenvalue weighted by Gasteiger charge is -2.38. The first-order valence-electron chi connectivity index (χ1n) is 7.65. The van der Waals surface area contributed by atoms with Crippen molar-refractivity contribution in [3.8, 4) is 5.75 Å². The maximum absolute atomic E-state index is 5.46. The molecule has 0 spiro atoms. The van der Waals surface area contributed by atoms with Gasteiger partial charge in [0.25, 0.3) is 0 Å². The van der Waals surface area contributed by atoms with Crippen molar-refractivity contribution in [2.24, 2.45) is 5.92 Å². The Balaban J connectivity index is 1.52. The van der Waals surface area contributed by atoms with Crippen LogP contribution in [0.3, 0.4) is 0 Å². The van der Waals surface area contributed by atoms with Gasteiger partial charge in [-0.1, -0.05) is 25.1 Å². The average Bonchev–Trinajstić information content (AvgIpc) is 2.79. The van der Waals surface area contributed by atoms with E-state index < -0.39 is 0 Å². The fourth-order valence-electron chi connectivity index (χ4n) is 3.70. The van der Waals surface area contributed by atoms with Crippen LogP contribution < -0.4 is 10.1 Å². The normalized spacial score (nSPS) is 34.0. The van der Waals surface area contributed by atoms with Gasteiger partial charge in [0.1, 0.15) is 5.75 Å². The number of para-hydroxylation sites is 1. The molecule has 2 fully saturated rings. The minimum Gasteiger partial charge on any atom is -0.496 e. The molecule has 2 heteroatoms. The molecule has 0 saturated heterocycles. The first-order chi connectivity index (χ1) is 9.26. The Morgan fingerprint density at radius 3 is 2.53 bits per heavy atom. The van der Waals surface area contributed by atoms with Crippen molar-refractivity contribution in [3.63, 3.8) is 0 Å². The highest BCUT2D eigenvalue weighted by molar-refractivity contribution is 5.37. The molecule has 2 aliphatic carbocycles. The zero-order chi connectivity index (χ0) is 13.2. The third-order valence-corrected chi connectivity index (χ3v) is 4.88. The third kappa shape index (κ3) is 2.79. The minimum absolute atomic E-state index is 0.687. The van der Waals surface area contributed by atoms with Crippen LogP contribution in [0.2, 0.25) is 0 Å². The maximum atomic E-state index is 5.46. The fourth-order valence-corrected chi connectivity index (χ4v) is 3.70. The molecule has 0 bridgehead atoms. The zero-order valence-corrected chi connectivity index (χ0v) is 12.1. The molecule has 19 heavy (non-hydrogen) atoms. The SMILES string of the molecule is COc1ccccc1C1CC(NC2CCC(C)C2)C1. The summed E-state index contributed by atoms with van der Waals surface area (Å²) in [5.41, 5.74) is 1.39. The van der Waals surface area contributed by atoms with Gasteiger partial charge in [-0.15, -0.1) is 0 Å². The lowest BCUT2D eigenvalue weighted by Crippen LogP contribution is -2.44. The Labute approximate surface area is 116 Å². The molecule has 104 valence electrons. The van der Waals surface area contributed by atoms with Gasteiger partial charge in [0.15, 0.2) is 0 Å². The molecule has 2 nitrogen and oxygen atoms in total. The molecule has 0 radical (unpaired) electrons. The number of ether oxygens (including phenoxy) is 1. The van der Waals surface area contributed by atoms with Gasteiger partial charge in [0.2, 0.25) is 0 Å². The van der Waals surface area contributed by atoms with E-state index in [1.54, 1.807) is 7.11 Å². The monoisotopic (exact) mass is 259 g/mol. The van der Waals surface area contributed by atoms with Gasteiger partial charge >= 0.3 is 0 Å². The molecule has 0 heterocycles. The quantitative estimate of drug-likeness (QED) is 0.890. The van der Waals surface area contributed by atoms with Crippen molar-refractivity contribution in [1.29, 1.82) is 0 Å². The minimum atomic E-state index is 0.687. The van der Waals surface area contributed by atoms with E-state index in [0.29, 0.717) is 5.92 Å². The van der Waals surface area contributed by atoms with Crippen LogP contribution in [0.15, 0.2) is 24.3 Å². The Bertz CT molecular complexity index is 425.